The molecule has 4 nitrogen and oxygen atoms in total. The molecular formula is C10H9Br2N3O. The van der Waals surface area contributed by atoms with E-state index < -0.39 is 0 Å². The second-order valence-corrected chi connectivity index (χ2v) is 5.11. The molecule has 2 aromatic rings. The maximum Gasteiger partial charge on any atom is 0.267 e. The number of hydrogen-bond acceptors (Lipinski definition) is 4. The Morgan fingerprint density at radius 2 is 2.25 bits per heavy atom. The first-order valence-corrected chi connectivity index (χ1v) is 6.51. The summed E-state index contributed by atoms with van der Waals surface area (Å²) in [7, 11) is 0. The molecule has 0 aliphatic carbocycles. The van der Waals surface area contributed by atoms with Crippen LogP contribution < -0.4 is 0 Å². The van der Waals surface area contributed by atoms with Gasteiger partial charge in [0.25, 0.3) is 5.89 Å². The Morgan fingerprint density at radius 3 is 2.94 bits per heavy atom. The summed E-state index contributed by atoms with van der Waals surface area (Å²) in [6.45, 7) is 2.04. The highest BCUT2D eigenvalue weighted by molar-refractivity contribution is 9.10. The van der Waals surface area contributed by atoms with Crippen LogP contribution in [0.3, 0.4) is 0 Å². The smallest absolute Gasteiger partial charge is 0.267 e. The van der Waals surface area contributed by atoms with Crippen LogP contribution in [0.1, 0.15) is 24.1 Å². The van der Waals surface area contributed by atoms with Gasteiger partial charge in [-0.3, -0.25) is 0 Å². The summed E-state index contributed by atoms with van der Waals surface area (Å²) >= 11 is 6.86. The van der Waals surface area contributed by atoms with Gasteiger partial charge in [0.05, 0.1) is 4.83 Å². The van der Waals surface area contributed by atoms with Crippen LogP contribution in [-0.4, -0.2) is 15.2 Å². The lowest BCUT2D eigenvalue weighted by molar-refractivity contribution is 0.499. The molecule has 6 heteroatoms. The predicted octanol–water partition coefficient (Wildman–Crippen LogP) is 3.74. The van der Waals surface area contributed by atoms with Gasteiger partial charge in [-0.2, -0.15) is 0 Å². The number of halogens is 2. The van der Waals surface area contributed by atoms with Crippen LogP contribution in [0.15, 0.2) is 27.2 Å². The maximum absolute atomic E-state index is 5.54. The van der Waals surface area contributed by atoms with Gasteiger partial charge in [0.1, 0.15) is 5.69 Å². The van der Waals surface area contributed by atoms with Gasteiger partial charge in [0, 0.05) is 10.7 Å². The van der Waals surface area contributed by atoms with E-state index in [0.717, 1.165) is 10.9 Å². The van der Waals surface area contributed by atoms with E-state index in [1.807, 2.05) is 19.1 Å². The molecule has 1 unspecified atom stereocenters. The van der Waals surface area contributed by atoms with Crippen LogP contribution in [0, 0.1) is 0 Å². The van der Waals surface area contributed by atoms with Gasteiger partial charge in [-0.15, -0.1) is 10.2 Å². The van der Waals surface area contributed by atoms with Crippen molar-refractivity contribution in [1.82, 2.24) is 15.2 Å². The zero-order chi connectivity index (χ0) is 11.5. The number of rotatable bonds is 3. The van der Waals surface area contributed by atoms with Crippen molar-refractivity contribution in [2.24, 2.45) is 0 Å². The van der Waals surface area contributed by atoms with E-state index in [2.05, 4.69) is 47.0 Å². The summed E-state index contributed by atoms with van der Waals surface area (Å²) in [5.74, 6) is 1.01. The largest absolute Gasteiger partial charge is 0.418 e. The molecule has 1 atom stereocenters. The summed E-state index contributed by atoms with van der Waals surface area (Å²) in [6, 6.07) is 3.72. The maximum atomic E-state index is 5.54. The first-order chi connectivity index (χ1) is 7.72. The normalized spacial score (nSPS) is 12.7. The SMILES string of the molecule is CCC(Br)c1nnc(-c2ncccc2Br)o1. The van der Waals surface area contributed by atoms with Crippen molar-refractivity contribution in [2.45, 2.75) is 18.2 Å². The molecular weight excluding hydrogens is 338 g/mol. The highest BCUT2D eigenvalue weighted by Crippen LogP contribution is 2.29. The van der Waals surface area contributed by atoms with Crippen molar-refractivity contribution in [2.75, 3.05) is 0 Å². The molecule has 0 saturated carbocycles. The molecule has 0 N–H and O–H groups in total. The Kier molecular flexibility index (Phi) is 3.70. The lowest BCUT2D eigenvalue weighted by atomic mass is 10.3. The molecule has 0 spiro atoms. The number of nitrogens with zero attached hydrogens (tertiary/aromatic N) is 3. The first kappa shape index (κ1) is 11.7. The van der Waals surface area contributed by atoms with Crippen molar-refractivity contribution in [1.29, 1.82) is 0 Å². The van der Waals surface area contributed by atoms with Gasteiger partial charge in [-0.25, -0.2) is 4.98 Å². The van der Waals surface area contributed by atoms with E-state index >= 15 is 0 Å². The van der Waals surface area contributed by atoms with Gasteiger partial charge in [0.2, 0.25) is 5.89 Å². The van der Waals surface area contributed by atoms with Crippen LogP contribution >= 0.6 is 31.9 Å². The third kappa shape index (κ3) is 2.32. The second-order valence-electron chi connectivity index (χ2n) is 3.16. The molecule has 0 aliphatic heterocycles. The van der Waals surface area contributed by atoms with E-state index in [1.165, 1.54) is 0 Å². The summed E-state index contributed by atoms with van der Waals surface area (Å²) in [6.07, 6.45) is 2.58. The minimum Gasteiger partial charge on any atom is -0.418 e. The molecule has 0 saturated heterocycles. The van der Waals surface area contributed by atoms with Crippen LogP contribution in [0.25, 0.3) is 11.6 Å². The predicted molar refractivity (Wildman–Crippen MR) is 67.2 cm³/mol. The van der Waals surface area contributed by atoms with Crippen molar-refractivity contribution in [3.63, 3.8) is 0 Å². The fourth-order valence-electron chi connectivity index (χ4n) is 1.17. The zero-order valence-electron chi connectivity index (χ0n) is 8.52. The lowest BCUT2D eigenvalue weighted by Crippen LogP contribution is -1.86. The minimum absolute atomic E-state index is 0.0937. The average Bonchev–Trinajstić information content (AvgIpc) is 2.78. The molecule has 0 amide bonds. The second kappa shape index (κ2) is 5.05. The van der Waals surface area contributed by atoms with E-state index in [0.29, 0.717) is 17.5 Å². The standard InChI is InChI=1S/C10H9Br2N3O/c1-2-6(11)9-14-15-10(16-9)8-7(12)4-3-5-13-8/h3-6H,2H2,1H3. The number of aromatic nitrogens is 3. The van der Waals surface area contributed by atoms with Gasteiger partial charge < -0.3 is 4.42 Å². The Morgan fingerprint density at radius 1 is 1.44 bits per heavy atom. The molecule has 2 rings (SSSR count). The van der Waals surface area contributed by atoms with Crippen LogP contribution in [0.4, 0.5) is 0 Å². The Balaban J connectivity index is 2.35. The van der Waals surface area contributed by atoms with Crippen LogP contribution in [0.5, 0.6) is 0 Å². The van der Waals surface area contributed by atoms with Crippen molar-refractivity contribution >= 4 is 31.9 Å². The summed E-state index contributed by atoms with van der Waals surface area (Å²) in [5, 5.41) is 7.96. The van der Waals surface area contributed by atoms with E-state index in [4.69, 9.17) is 4.42 Å². The summed E-state index contributed by atoms with van der Waals surface area (Å²) in [4.78, 5) is 4.28. The molecule has 0 aliphatic rings. The Labute approximate surface area is 110 Å². The highest BCUT2D eigenvalue weighted by atomic mass is 79.9. The van der Waals surface area contributed by atoms with Gasteiger partial charge in [0.15, 0.2) is 0 Å². The fourth-order valence-corrected chi connectivity index (χ4v) is 1.78. The molecule has 2 aromatic heterocycles. The topological polar surface area (TPSA) is 51.8 Å². The van der Waals surface area contributed by atoms with Gasteiger partial charge >= 0.3 is 0 Å². The molecule has 0 aromatic carbocycles. The lowest BCUT2D eigenvalue weighted by Gasteiger charge is -1.98. The van der Waals surface area contributed by atoms with E-state index in [9.17, 15) is 0 Å². The summed E-state index contributed by atoms with van der Waals surface area (Å²) < 4.78 is 6.38. The minimum atomic E-state index is 0.0937. The van der Waals surface area contributed by atoms with Gasteiger partial charge in [-0.05, 0) is 34.5 Å². The van der Waals surface area contributed by atoms with Crippen LogP contribution in [-0.2, 0) is 0 Å². The molecule has 84 valence electrons. The van der Waals surface area contributed by atoms with E-state index in [-0.39, 0.29) is 4.83 Å². The summed E-state index contributed by atoms with van der Waals surface area (Å²) in [5.41, 5.74) is 0.664. The van der Waals surface area contributed by atoms with Gasteiger partial charge in [-0.1, -0.05) is 22.9 Å². The third-order valence-corrected chi connectivity index (χ3v) is 3.71. The first-order valence-electron chi connectivity index (χ1n) is 4.80. The van der Waals surface area contributed by atoms with Crippen molar-refractivity contribution in [3.05, 3.63) is 28.7 Å². The van der Waals surface area contributed by atoms with Crippen molar-refractivity contribution < 1.29 is 4.42 Å². The molecule has 2 heterocycles. The molecule has 16 heavy (non-hydrogen) atoms. The fraction of sp³-hybridized carbons (Fsp3) is 0.300. The zero-order valence-corrected chi connectivity index (χ0v) is 11.7. The number of pyridine rings is 1. The quantitative estimate of drug-likeness (QED) is 0.794. The Bertz CT molecular complexity index is 486. The van der Waals surface area contributed by atoms with Crippen LogP contribution in [0.2, 0.25) is 0 Å². The third-order valence-electron chi connectivity index (χ3n) is 2.03. The monoisotopic (exact) mass is 345 g/mol. The average molecular weight is 347 g/mol. The van der Waals surface area contributed by atoms with E-state index in [1.54, 1.807) is 6.20 Å². The number of alkyl halides is 1. The highest BCUT2D eigenvalue weighted by Gasteiger charge is 2.16. The van der Waals surface area contributed by atoms with Crippen molar-refractivity contribution in [3.8, 4) is 11.6 Å². The molecule has 0 fully saturated rings. The Hall–Kier alpha value is -0.750. The molecule has 0 radical (unpaired) electrons. The molecule has 0 bridgehead atoms. The number of hydrogen-bond donors (Lipinski definition) is 0.